The zero-order valence-corrected chi connectivity index (χ0v) is 13.7. The molecule has 24 heavy (non-hydrogen) atoms. The Labute approximate surface area is 141 Å². The number of hydrogen-bond acceptors (Lipinski definition) is 3. The number of esters is 1. The van der Waals surface area contributed by atoms with Crippen LogP contribution in [0, 0.1) is 0 Å². The van der Waals surface area contributed by atoms with Gasteiger partial charge < -0.3 is 9.72 Å². The molecular formula is C20H22N2O2. The third-order valence-corrected chi connectivity index (χ3v) is 4.10. The highest BCUT2D eigenvalue weighted by Gasteiger charge is 2.06. The molecule has 124 valence electrons. The molecule has 2 heterocycles. The predicted octanol–water partition coefficient (Wildman–Crippen LogP) is 4.06. The minimum atomic E-state index is -0.110. The molecule has 0 unspecified atom stereocenters. The van der Waals surface area contributed by atoms with Crippen molar-refractivity contribution in [1.82, 2.24) is 9.97 Å². The van der Waals surface area contributed by atoms with Crippen LogP contribution in [0.5, 0.6) is 0 Å². The predicted molar refractivity (Wildman–Crippen MR) is 94.8 cm³/mol. The molecule has 0 radical (unpaired) electrons. The largest absolute Gasteiger partial charge is 0.466 e. The molecule has 0 fully saturated rings. The second-order valence-corrected chi connectivity index (χ2v) is 5.90. The van der Waals surface area contributed by atoms with Crippen LogP contribution in [0.1, 0.15) is 30.4 Å². The van der Waals surface area contributed by atoms with Gasteiger partial charge in [-0.15, -0.1) is 0 Å². The maximum atomic E-state index is 11.8. The Kier molecular flexibility index (Phi) is 5.61. The van der Waals surface area contributed by atoms with Crippen molar-refractivity contribution in [2.75, 3.05) is 6.61 Å². The number of aryl methyl sites for hydroxylation is 2. The van der Waals surface area contributed by atoms with E-state index in [-0.39, 0.29) is 5.97 Å². The summed E-state index contributed by atoms with van der Waals surface area (Å²) in [5.74, 6) is -0.110. The van der Waals surface area contributed by atoms with E-state index < -0.39 is 0 Å². The van der Waals surface area contributed by atoms with Crippen molar-refractivity contribution in [3.8, 4) is 0 Å². The molecule has 0 aliphatic heterocycles. The van der Waals surface area contributed by atoms with E-state index in [0.717, 1.165) is 31.2 Å². The van der Waals surface area contributed by atoms with E-state index in [1.165, 1.54) is 16.5 Å². The number of para-hydroxylation sites is 1. The third kappa shape index (κ3) is 4.44. The molecule has 3 aromatic rings. The summed E-state index contributed by atoms with van der Waals surface area (Å²) < 4.78 is 5.30. The fraction of sp³-hybridized carbons (Fsp3) is 0.300. The molecule has 3 rings (SSSR count). The molecule has 0 aliphatic carbocycles. The highest BCUT2D eigenvalue weighted by molar-refractivity contribution is 5.83. The van der Waals surface area contributed by atoms with Crippen molar-refractivity contribution in [1.29, 1.82) is 0 Å². The van der Waals surface area contributed by atoms with Crippen molar-refractivity contribution in [3.63, 3.8) is 0 Å². The van der Waals surface area contributed by atoms with Gasteiger partial charge in [0.1, 0.15) is 0 Å². The Hall–Kier alpha value is -2.62. The van der Waals surface area contributed by atoms with E-state index in [1.54, 1.807) is 6.20 Å². The van der Waals surface area contributed by atoms with Crippen molar-refractivity contribution < 1.29 is 9.53 Å². The van der Waals surface area contributed by atoms with Gasteiger partial charge in [-0.3, -0.25) is 9.78 Å². The lowest BCUT2D eigenvalue weighted by Crippen LogP contribution is -2.07. The molecule has 0 atom stereocenters. The summed E-state index contributed by atoms with van der Waals surface area (Å²) in [7, 11) is 0. The molecule has 1 N–H and O–H groups in total. The normalized spacial score (nSPS) is 10.8. The van der Waals surface area contributed by atoms with E-state index in [0.29, 0.717) is 13.0 Å². The molecular weight excluding hydrogens is 300 g/mol. The first-order valence-corrected chi connectivity index (χ1v) is 8.42. The average Bonchev–Trinajstić information content (AvgIpc) is 3.03. The summed E-state index contributed by atoms with van der Waals surface area (Å²) in [5, 5.41) is 1.24. The number of hydrogen-bond donors (Lipinski definition) is 1. The lowest BCUT2D eigenvalue weighted by atomic mass is 10.1. The molecule has 4 heteroatoms. The molecule has 0 amide bonds. The third-order valence-electron chi connectivity index (χ3n) is 4.10. The zero-order chi connectivity index (χ0) is 16.6. The lowest BCUT2D eigenvalue weighted by molar-refractivity contribution is -0.143. The fourth-order valence-electron chi connectivity index (χ4n) is 2.84. The maximum Gasteiger partial charge on any atom is 0.305 e. The quantitative estimate of drug-likeness (QED) is 0.502. The van der Waals surface area contributed by atoms with Gasteiger partial charge in [0, 0.05) is 35.9 Å². The van der Waals surface area contributed by atoms with E-state index in [2.05, 4.69) is 22.1 Å². The smallest absolute Gasteiger partial charge is 0.305 e. The number of nitrogens with one attached hydrogen (secondary N) is 1. The van der Waals surface area contributed by atoms with Gasteiger partial charge in [0.05, 0.1) is 6.61 Å². The Balaban J connectivity index is 1.34. The monoisotopic (exact) mass is 322 g/mol. The van der Waals surface area contributed by atoms with Gasteiger partial charge in [0.25, 0.3) is 0 Å². The number of pyridine rings is 1. The van der Waals surface area contributed by atoms with Gasteiger partial charge in [0.2, 0.25) is 0 Å². The number of aromatic nitrogens is 2. The lowest BCUT2D eigenvalue weighted by Gasteiger charge is -2.05. The summed E-state index contributed by atoms with van der Waals surface area (Å²) in [6, 6.07) is 12.2. The molecule has 0 spiro atoms. The number of aromatic amines is 1. The number of rotatable bonds is 8. The molecule has 0 bridgehead atoms. The van der Waals surface area contributed by atoms with Gasteiger partial charge in [0.15, 0.2) is 0 Å². The number of H-pyrrole nitrogens is 1. The summed E-state index contributed by atoms with van der Waals surface area (Å²) in [6.45, 7) is 0.473. The van der Waals surface area contributed by atoms with Crippen molar-refractivity contribution >= 4 is 16.9 Å². The van der Waals surface area contributed by atoms with E-state index in [9.17, 15) is 4.79 Å². The van der Waals surface area contributed by atoms with Gasteiger partial charge >= 0.3 is 5.97 Å². The number of carbonyl (C=O) groups is 1. The van der Waals surface area contributed by atoms with Crippen molar-refractivity contribution in [2.45, 2.75) is 32.1 Å². The van der Waals surface area contributed by atoms with Crippen LogP contribution in [0.2, 0.25) is 0 Å². The van der Waals surface area contributed by atoms with Crippen LogP contribution >= 0.6 is 0 Å². The van der Waals surface area contributed by atoms with Crippen molar-refractivity contribution in [2.24, 2.45) is 0 Å². The number of fused-ring (bicyclic) bond motifs is 1. The molecule has 0 aliphatic rings. The minimum absolute atomic E-state index is 0.110. The summed E-state index contributed by atoms with van der Waals surface area (Å²) in [4.78, 5) is 19.1. The Morgan fingerprint density at radius 3 is 2.88 bits per heavy atom. The topological polar surface area (TPSA) is 55.0 Å². The van der Waals surface area contributed by atoms with Gasteiger partial charge in [-0.25, -0.2) is 0 Å². The van der Waals surface area contributed by atoms with E-state index in [1.807, 2.05) is 36.7 Å². The highest BCUT2D eigenvalue weighted by atomic mass is 16.5. The minimum Gasteiger partial charge on any atom is -0.466 e. The summed E-state index contributed by atoms with van der Waals surface area (Å²) in [6.07, 6.45) is 9.52. The highest BCUT2D eigenvalue weighted by Crippen LogP contribution is 2.19. The maximum absolute atomic E-state index is 11.8. The molecule has 4 nitrogen and oxygen atoms in total. The zero-order valence-electron chi connectivity index (χ0n) is 13.7. The number of ether oxygens (including phenoxy) is 1. The Morgan fingerprint density at radius 1 is 1.08 bits per heavy atom. The second kappa shape index (κ2) is 8.29. The van der Waals surface area contributed by atoms with Crippen LogP contribution in [0.4, 0.5) is 0 Å². The van der Waals surface area contributed by atoms with Gasteiger partial charge in [-0.05, 0) is 48.9 Å². The van der Waals surface area contributed by atoms with Crippen molar-refractivity contribution in [3.05, 3.63) is 66.1 Å². The van der Waals surface area contributed by atoms with Crippen LogP contribution < -0.4 is 0 Å². The number of carbonyl (C=O) groups excluding carboxylic acids is 1. The van der Waals surface area contributed by atoms with E-state index in [4.69, 9.17) is 4.74 Å². The van der Waals surface area contributed by atoms with Crippen LogP contribution in [-0.2, 0) is 22.4 Å². The Bertz CT molecular complexity index is 780. The number of nitrogens with zero attached hydrogens (tertiary/aromatic N) is 1. The fourth-order valence-corrected chi connectivity index (χ4v) is 2.84. The van der Waals surface area contributed by atoms with Gasteiger partial charge in [-0.2, -0.15) is 0 Å². The van der Waals surface area contributed by atoms with E-state index >= 15 is 0 Å². The second-order valence-electron chi connectivity index (χ2n) is 5.90. The first kappa shape index (κ1) is 16.2. The average molecular weight is 322 g/mol. The molecule has 1 aromatic carbocycles. The van der Waals surface area contributed by atoms with Crippen LogP contribution in [0.3, 0.4) is 0 Å². The van der Waals surface area contributed by atoms with Crippen LogP contribution in [-0.4, -0.2) is 22.5 Å². The first-order valence-electron chi connectivity index (χ1n) is 8.42. The first-order chi connectivity index (χ1) is 11.8. The molecule has 0 saturated heterocycles. The SMILES string of the molecule is O=C(CCCc1c[nH]c2ccccc12)OCCCc1cccnc1. The summed E-state index contributed by atoms with van der Waals surface area (Å²) >= 11 is 0. The summed E-state index contributed by atoms with van der Waals surface area (Å²) in [5.41, 5.74) is 3.58. The molecule has 2 aromatic heterocycles. The molecule has 0 saturated carbocycles. The van der Waals surface area contributed by atoms with Crippen LogP contribution in [0.25, 0.3) is 10.9 Å². The standard InChI is InChI=1S/C20H22N2O2/c23-20(24-13-5-7-16-6-4-12-21-14-16)11-3-8-17-15-22-19-10-2-1-9-18(17)19/h1-2,4,6,9-10,12,14-15,22H,3,5,7-8,11,13H2. The van der Waals surface area contributed by atoms with Gasteiger partial charge in [-0.1, -0.05) is 24.3 Å². The number of benzene rings is 1. The van der Waals surface area contributed by atoms with Crippen LogP contribution in [0.15, 0.2) is 55.0 Å². The Morgan fingerprint density at radius 2 is 2.00 bits per heavy atom.